The molecular formula is C24H30N2O4. The summed E-state index contributed by atoms with van der Waals surface area (Å²) in [6, 6.07) is 10.2. The molecule has 1 atom stereocenters. The lowest BCUT2D eigenvalue weighted by atomic mass is 10.0. The van der Waals surface area contributed by atoms with E-state index in [9.17, 15) is 4.79 Å². The van der Waals surface area contributed by atoms with Crippen molar-refractivity contribution in [2.75, 3.05) is 32.2 Å². The van der Waals surface area contributed by atoms with E-state index in [1.807, 2.05) is 42.2 Å². The third-order valence-electron chi connectivity index (χ3n) is 5.91. The summed E-state index contributed by atoms with van der Waals surface area (Å²) >= 11 is 0. The lowest BCUT2D eigenvalue weighted by Crippen LogP contribution is -2.42. The van der Waals surface area contributed by atoms with Crippen molar-refractivity contribution in [3.8, 4) is 17.2 Å². The Balaban J connectivity index is 1.46. The van der Waals surface area contributed by atoms with E-state index in [0.29, 0.717) is 43.0 Å². The van der Waals surface area contributed by atoms with E-state index >= 15 is 0 Å². The van der Waals surface area contributed by atoms with Gasteiger partial charge in [0, 0.05) is 30.4 Å². The largest absolute Gasteiger partial charge is 0.493 e. The molecule has 1 N–H and O–H groups in total. The number of carbonyl (C=O) groups is 1. The van der Waals surface area contributed by atoms with Gasteiger partial charge in [-0.2, -0.15) is 0 Å². The summed E-state index contributed by atoms with van der Waals surface area (Å²) in [4.78, 5) is 14.9. The standard InChI is InChI=1S/C24H30N2O4/c1-16-12-19(24(27)26-9-5-4-6-17(26)2)7-8-20(16)25-15-18-13-21(28-3)23-22(14-18)29-10-11-30-23/h7-8,12-14,17,25H,4-6,9-11,15H2,1-3H3. The van der Waals surface area contributed by atoms with Gasteiger partial charge in [-0.1, -0.05) is 0 Å². The average molecular weight is 411 g/mol. The number of nitrogens with one attached hydrogen (secondary N) is 1. The van der Waals surface area contributed by atoms with Crippen LogP contribution >= 0.6 is 0 Å². The molecule has 2 aliphatic rings. The molecule has 1 unspecified atom stereocenters. The van der Waals surface area contributed by atoms with Crippen molar-refractivity contribution in [1.29, 1.82) is 0 Å². The minimum atomic E-state index is 0.133. The second kappa shape index (κ2) is 8.86. The molecule has 2 heterocycles. The highest BCUT2D eigenvalue weighted by atomic mass is 16.6. The van der Waals surface area contributed by atoms with E-state index < -0.39 is 0 Å². The Labute approximate surface area is 178 Å². The van der Waals surface area contributed by atoms with Crippen molar-refractivity contribution >= 4 is 11.6 Å². The maximum atomic E-state index is 12.9. The smallest absolute Gasteiger partial charge is 0.254 e. The maximum absolute atomic E-state index is 12.9. The fourth-order valence-corrected chi connectivity index (χ4v) is 4.19. The number of nitrogens with zero attached hydrogens (tertiary/aromatic N) is 1. The second-order valence-corrected chi connectivity index (χ2v) is 8.05. The van der Waals surface area contributed by atoms with Crippen LogP contribution in [0, 0.1) is 6.92 Å². The SMILES string of the molecule is COc1cc(CNc2ccc(C(=O)N3CCCCC3C)cc2C)cc2c1OCCO2. The zero-order valence-electron chi connectivity index (χ0n) is 18.0. The molecule has 0 spiro atoms. The van der Waals surface area contributed by atoms with Crippen LogP contribution in [0.4, 0.5) is 5.69 Å². The highest BCUT2D eigenvalue weighted by molar-refractivity contribution is 5.95. The number of aryl methyl sites for hydroxylation is 1. The molecule has 1 saturated heterocycles. The van der Waals surface area contributed by atoms with E-state index in [-0.39, 0.29) is 5.91 Å². The van der Waals surface area contributed by atoms with Crippen LogP contribution in [0.1, 0.15) is 47.7 Å². The number of hydrogen-bond donors (Lipinski definition) is 1. The minimum Gasteiger partial charge on any atom is -0.493 e. The van der Waals surface area contributed by atoms with Gasteiger partial charge in [0.1, 0.15) is 13.2 Å². The zero-order chi connectivity index (χ0) is 21.1. The van der Waals surface area contributed by atoms with Crippen LogP contribution in [-0.2, 0) is 6.54 Å². The molecule has 0 aliphatic carbocycles. The maximum Gasteiger partial charge on any atom is 0.254 e. The molecule has 160 valence electrons. The van der Waals surface area contributed by atoms with Crippen LogP contribution in [0.5, 0.6) is 17.2 Å². The summed E-state index contributed by atoms with van der Waals surface area (Å²) in [5.41, 5.74) is 3.85. The molecule has 6 heteroatoms. The number of carbonyl (C=O) groups excluding carboxylic acids is 1. The van der Waals surface area contributed by atoms with Gasteiger partial charge < -0.3 is 24.4 Å². The molecular weight excluding hydrogens is 380 g/mol. The first-order valence-corrected chi connectivity index (χ1v) is 10.7. The van der Waals surface area contributed by atoms with Crippen molar-refractivity contribution in [3.63, 3.8) is 0 Å². The van der Waals surface area contributed by atoms with Gasteiger partial charge in [-0.15, -0.1) is 0 Å². The third kappa shape index (κ3) is 4.18. The topological polar surface area (TPSA) is 60.0 Å². The van der Waals surface area contributed by atoms with Crippen LogP contribution in [0.3, 0.4) is 0 Å². The predicted octanol–water partition coefficient (Wildman–Crippen LogP) is 4.40. The summed E-state index contributed by atoms with van der Waals surface area (Å²) < 4.78 is 16.8. The number of likely N-dealkylation sites (tertiary alicyclic amines) is 1. The van der Waals surface area contributed by atoms with Crippen LogP contribution in [0.2, 0.25) is 0 Å². The molecule has 0 bridgehead atoms. The number of fused-ring (bicyclic) bond motifs is 1. The quantitative estimate of drug-likeness (QED) is 0.792. The van der Waals surface area contributed by atoms with Gasteiger partial charge in [-0.25, -0.2) is 0 Å². The Kier molecular flexibility index (Phi) is 6.02. The lowest BCUT2D eigenvalue weighted by Gasteiger charge is -2.33. The van der Waals surface area contributed by atoms with Crippen LogP contribution in [-0.4, -0.2) is 43.7 Å². The first-order chi connectivity index (χ1) is 14.6. The van der Waals surface area contributed by atoms with E-state index in [1.54, 1.807) is 7.11 Å². The van der Waals surface area contributed by atoms with Crippen molar-refractivity contribution < 1.29 is 19.0 Å². The molecule has 2 aromatic rings. The van der Waals surface area contributed by atoms with Gasteiger partial charge in [-0.05, 0) is 74.6 Å². The van der Waals surface area contributed by atoms with Crippen LogP contribution in [0.15, 0.2) is 30.3 Å². The summed E-state index contributed by atoms with van der Waals surface area (Å²) in [6.45, 7) is 6.71. The Morgan fingerprint density at radius 1 is 1.20 bits per heavy atom. The fourth-order valence-electron chi connectivity index (χ4n) is 4.19. The van der Waals surface area contributed by atoms with Crippen LogP contribution in [0.25, 0.3) is 0 Å². The number of methoxy groups -OCH3 is 1. The zero-order valence-corrected chi connectivity index (χ0v) is 18.0. The molecule has 0 aromatic heterocycles. The molecule has 30 heavy (non-hydrogen) atoms. The predicted molar refractivity (Wildman–Crippen MR) is 117 cm³/mol. The Morgan fingerprint density at radius 3 is 2.80 bits per heavy atom. The van der Waals surface area contributed by atoms with E-state index in [4.69, 9.17) is 14.2 Å². The summed E-state index contributed by atoms with van der Waals surface area (Å²) in [7, 11) is 1.63. The van der Waals surface area contributed by atoms with E-state index in [1.165, 1.54) is 6.42 Å². The Hall–Kier alpha value is -2.89. The first kappa shape index (κ1) is 20.4. The molecule has 0 saturated carbocycles. The fraction of sp³-hybridized carbons (Fsp3) is 0.458. The first-order valence-electron chi connectivity index (χ1n) is 10.7. The molecule has 6 nitrogen and oxygen atoms in total. The van der Waals surface area contributed by atoms with Crippen molar-refractivity contribution in [2.24, 2.45) is 0 Å². The van der Waals surface area contributed by atoms with Crippen molar-refractivity contribution in [1.82, 2.24) is 4.90 Å². The number of amides is 1. The lowest BCUT2D eigenvalue weighted by molar-refractivity contribution is 0.0635. The monoisotopic (exact) mass is 410 g/mol. The number of anilines is 1. The molecule has 0 radical (unpaired) electrons. The highest BCUT2D eigenvalue weighted by Gasteiger charge is 2.24. The summed E-state index contributed by atoms with van der Waals surface area (Å²) in [5.74, 6) is 2.19. The Morgan fingerprint density at radius 2 is 2.03 bits per heavy atom. The van der Waals surface area contributed by atoms with Gasteiger partial charge in [0.2, 0.25) is 5.75 Å². The van der Waals surface area contributed by atoms with E-state index in [0.717, 1.165) is 41.8 Å². The van der Waals surface area contributed by atoms with Gasteiger partial charge in [0.15, 0.2) is 11.5 Å². The normalized spacial score (nSPS) is 18.1. The molecule has 2 aromatic carbocycles. The van der Waals surface area contributed by atoms with E-state index in [2.05, 4.69) is 12.2 Å². The molecule has 4 rings (SSSR count). The number of ether oxygens (including phenoxy) is 3. The van der Waals surface area contributed by atoms with Crippen molar-refractivity contribution in [2.45, 2.75) is 45.7 Å². The second-order valence-electron chi connectivity index (χ2n) is 8.05. The highest BCUT2D eigenvalue weighted by Crippen LogP contribution is 2.40. The molecule has 1 fully saturated rings. The van der Waals surface area contributed by atoms with Crippen molar-refractivity contribution in [3.05, 3.63) is 47.0 Å². The average Bonchev–Trinajstić information content (AvgIpc) is 2.77. The Bertz CT molecular complexity index is 910. The van der Waals surface area contributed by atoms with Gasteiger partial charge in [0.05, 0.1) is 7.11 Å². The number of rotatable bonds is 5. The summed E-state index contributed by atoms with van der Waals surface area (Å²) in [5, 5.41) is 3.46. The third-order valence-corrected chi connectivity index (χ3v) is 5.91. The number of benzene rings is 2. The number of hydrogen-bond acceptors (Lipinski definition) is 5. The van der Waals surface area contributed by atoms with Gasteiger partial charge in [-0.3, -0.25) is 4.79 Å². The number of piperidine rings is 1. The van der Waals surface area contributed by atoms with Gasteiger partial charge >= 0.3 is 0 Å². The minimum absolute atomic E-state index is 0.133. The molecule has 2 aliphatic heterocycles. The van der Waals surface area contributed by atoms with Gasteiger partial charge in [0.25, 0.3) is 5.91 Å². The summed E-state index contributed by atoms with van der Waals surface area (Å²) in [6.07, 6.45) is 3.38. The van der Waals surface area contributed by atoms with Crippen LogP contribution < -0.4 is 19.5 Å². The molecule has 1 amide bonds.